The predicted molar refractivity (Wildman–Crippen MR) is 145 cm³/mol. The molecule has 2 N–H and O–H groups in total. The van der Waals surface area contributed by atoms with Crippen LogP contribution in [0.2, 0.25) is 5.02 Å². The van der Waals surface area contributed by atoms with Crippen LogP contribution in [0.1, 0.15) is 24.0 Å². The van der Waals surface area contributed by atoms with Gasteiger partial charge in [-0.25, -0.2) is 4.79 Å². The van der Waals surface area contributed by atoms with Crippen LogP contribution in [0.4, 0.5) is 5.69 Å². The van der Waals surface area contributed by atoms with Crippen LogP contribution in [-0.2, 0) is 29.2 Å². The van der Waals surface area contributed by atoms with Gasteiger partial charge in [-0.05, 0) is 49.2 Å². The second-order valence-electron chi connectivity index (χ2n) is 8.77. The molecule has 4 aromatic rings. The Labute approximate surface area is 218 Å². The summed E-state index contributed by atoms with van der Waals surface area (Å²) in [6, 6.07) is 21.2. The molecule has 190 valence electrons. The summed E-state index contributed by atoms with van der Waals surface area (Å²) in [5.74, 6) is -0.606. The van der Waals surface area contributed by atoms with E-state index in [1.165, 1.54) is 4.57 Å². The van der Waals surface area contributed by atoms with Gasteiger partial charge in [0.2, 0.25) is 11.8 Å². The third kappa shape index (κ3) is 6.54. The van der Waals surface area contributed by atoms with Gasteiger partial charge in [0.25, 0.3) is 5.56 Å². The van der Waals surface area contributed by atoms with E-state index in [4.69, 9.17) is 11.6 Å². The van der Waals surface area contributed by atoms with Crippen LogP contribution < -0.4 is 21.9 Å². The number of carbonyl (C=O) groups is 2. The van der Waals surface area contributed by atoms with Crippen molar-refractivity contribution in [3.8, 4) is 0 Å². The molecule has 9 heteroatoms. The Balaban J connectivity index is 1.47. The first-order chi connectivity index (χ1) is 17.8. The minimum absolute atomic E-state index is 0.0519. The topological polar surface area (TPSA) is 102 Å². The largest absolute Gasteiger partial charge is 0.352 e. The van der Waals surface area contributed by atoms with Gasteiger partial charge >= 0.3 is 5.69 Å². The number of aryl methyl sites for hydroxylation is 1. The van der Waals surface area contributed by atoms with Gasteiger partial charge in [0.05, 0.1) is 10.9 Å². The fraction of sp³-hybridized carbons (Fsp3) is 0.214. The molecule has 2 amide bonds. The maximum absolute atomic E-state index is 13.3. The summed E-state index contributed by atoms with van der Waals surface area (Å²) in [4.78, 5) is 51.4. The van der Waals surface area contributed by atoms with Crippen molar-refractivity contribution in [3.63, 3.8) is 0 Å². The lowest BCUT2D eigenvalue weighted by Crippen LogP contribution is -2.42. The molecule has 8 nitrogen and oxygen atoms in total. The summed E-state index contributed by atoms with van der Waals surface area (Å²) >= 11 is 5.98. The van der Waals surface area contributed by atoms with E-state index in [1.807, 2.05) is 31.2 Å². The lowest BCUT2D eigenvalue weighted by atomic mass is 10.1. The highest BCUT2D eigenvalue weighted by atomic mass is 35.5. The first-order valence-electron chi connectivity index (χ1n) is 11.9. The van der Waals surface area contributed by atoms with Crippen LogP contribution in [0.3, 0.4) is 0 Å². The highest BCUT2D eigenvalue weighted by Crippen LogP contribution is 2.15. The first-order valence-corrected chi connectivity index (χ1v) is 12.3. The van der Waals surface area contributed by atoms with E-state index in [0.717, 1.165) is 15.7 Å². The quantitative estimate of drug-likeness (QED) is 0.351. The van der Waals surface area contributed by atoms with Gasteiger partial charge in [-0.15, -0.1) is 0 Å². The van der Waals surface area contributed by atoms with Crippen molar-refractivity contribution in [2.45, 2.75) is 39.4 Å². The number of aromatic nitrogens is 2. The number of halogens is 1. The Bertz CT molecular complexity index is 1560. The number of nitrogens with one attached hydrogen (secondary N) is 2. The number of rotatable bonds is 9. The van der Waals surface area contributed by atoms with Gasteiger partial charge < -0.3 is 10.6 Å². The second kappa shape index (κ2) is 11.7. The molecule has 0 aliphatic carbocycles. The van der Waals surface area contributed by atoms with Crippen LogP contribution in [-0.4, -0.2) is 20.9 Å². The number of carbonyl (C=O) groups excluding carboxylic acids is 2. The number of amides is 2. The van der Waals surface area contributed by atoms with Crippen LogP contribution in [0, 0.1) is 6.92 Å². The molecule has 0 bridgehead atoms. The van der Waals surface area contributed by atoms with E-state index >= 15 is 0 Å². The Kier molecular flexibility index (Phi) is 8.20. The zero-order valence-electron chi connectivity index (χ0n) is 20.4. The van der Waals surface area contributed by atoms with Crippen molar-refractivity contribution in [2.75, 3.05) is 5.32 Å². The van der Waals surface area contributed by atoms with E-state index < -0.39 is 17.2 Å². The molecule has 0 spiro atoms. The molecule has 3 aromatic carbocycles. The molecule has 4 rings (SSSR count). The van der Waals surface area contributed by atoms with Crippen LogP contribution in [0.5, 0.6) is 0 Å². The molecule has 1 heterocycles. The number of hydrogen-bond donors (Lipinski definition) is 2. The number of benzene rings is 3. The fourth-order valence-electron chi connectivity index (χ4n) is 4.02. The Hall–Kier alpha value is -4.17. The highest BCUT2D eigenvalue weighted by Gasteiger charge is 2.16. The van der Waals surface area contributed by atoms with Crippen molar-refractivity contribution in [2.24, 2.45) is 0 Å². The minimum Gasteiger partial charge on any atom is -0.352 e. The minimum atomic E-state index is -0.606. The molecule has 37 heavy (non-hydrogen) atoms. The Morgan fingerprint density at radius 2 is 1.65 bits per heavy atom. The smallest absolute Gasteiger partial charge is 0.331 e. The maximum atomic E-state index is 13.3. The second-order valence-corrected chi connectivity index (χ2v) is 9.20. The summed E-state index contributed by atoms with van der Waals surface area (Å²) in [5, 5.41) is 6.37. The van der Waals surface area contributed by atoms with E-state index in [9.17, 15) is 19.2 Å². The Morgan fingerprint density at radius 3 is 2.41 bits per heavy atom. The molecule has 0 saturated carbocycles. The standard InChI is InChI=1S/C28H27ClN4O4/c1-19-11-13-20(14-12-19)17-30-25(34)10-5-15-32-27(36)23-8-2-3-9-24(23)33(28(32)37)18-26(35)31-22-7-4-6-21(29)16-22/h2-4,6-9,11-14,16H,5,10,15,17-18H2,1H3,(H,30,34)(H,31,35). The molecule has 0 unspecified atom stereocenters. The SMILES string of the molecule is Cc1ccc(CNC(=O)CCCn2c(=O)c3ccccc3n(CC(=O)Nc3cccc(Cl)c3)c2=O)cc1. The van der Waals surface area contributed by atoms with Gasteiger partial charge in [-0.2, -0.15) is 0 Å². The van der Waals surface area contributed by atoms with E-state index in [2.05, 4.69) is 10.6 Å². The van der Waals surface area contributed by atoms with Crippen molar-refractivity contribution < 1.29 is 9.59 Å². The summed E-state index contributed by atoms with van der Waals surface area (Å²) in [6.45, 7) is 2.17. The third-order valence-corrected chi connectivity index (χ3v) is 6.17. The zero-order valence-corrected chi connectivity index (χ0v) is 21.1. The van der Waals surface area contributed by atoms with Gasteiger partial charge in [0, 0.05) is 30.2 Å². The number of hydrogen-bond acceptors (Lipinski definition) is 4. The third-order valence-electron chi connectivity index (χ3n) is 5.94. The molecular weight excluding hydrogens is 492 g/mol. The molecule has 0 aliphatic rings. The van der Waals surface area contributed by atoms with Crippen molar-refractivity contribution >= 4 is 40.0 Å². The molecule has 0 atom stereocenters. The van der Waals surface area contributed by atoms with Crippen LogP contribution in [0.25, 0.3) is 10.9 Å². The molecule has 0 aliphatic heterocycles. The maximum Gasteiger partial charge on any atom is 0.331 e. The van der Waals surface area contributed by atoms with Crippen molar-refractivity contribution in [3.05, 3.63) is 110 Å². The summed E-state index contributed by atoms with van der Waals surface area (Å²) < 4.78 is 2.36. The Morgan fingerprint density at radius 1 is 0.892 bits per heavy atom. The normalized spacial score (nSPS) is 10.9. The van der Waals surface area contributed by atoms with E-state index in [1.54, 1.807) is 48.5 Å². The summed E-state index contributed by atoms with van der Waals surface area (Å²) in [6.07, 6.45) is 0.446. The van der Waals surface area contributed by atoms with Crippen LogP contribution >= 0.6 is 11.6 Å². The van der Waals surface area contributed by atoms with Crippen LogP contribution in [0.15, 0.2) is 82.4 Å². The lowest BCUT2D eigenvalue weighted by Gasteiger charge is -2.14. The summed E-state index contributed by atoms with van der Waals surface area (Å²) in [5.41, 5.74) is 1.94. The number of para-hydroxylation sites is 1. The average molecular weight is 519 g/mol. The highest BCUT2D eigenvalue weighted by molar-refractivity contribution is 6.30. The fourth-order valence-corrected chi connectivity index (χ4v) is 4.21. The lowest BCUT2D eigenvalue weighted by molar-refractivity contribution is -0.121. The molecule has 0 saturated heterocycles. The predicted octanol–water partition coefficient (Wildman–Crippen LogP) is 3.86. The molecule has 0 fully saturated rings. The molecule has 0 radical (unpaired) electrons. The van der Waals surface area contributed by atoms with Crippen molar-refractivity contribution in [1.29, 1.82) is 0 Å². The van der Waals surface area contributed by atoms with Crippen molar-refractivity contribution in [1.82, 2.24) is 14.5 Å². The van der Waals surface area contributed by atoms with E-state index in [0.29, 0.717) is 34.6 Å². The number of fused-ring (bicyclic) bond motifs is 1. The molecule has 1 aromatic heterocycles. The van der Waals surface area contributed by atoms with Gasteiger partial charge in [0.15, 0.2) is 0 Å². The first kappa shape index (κ1) is 25.9. The average Bonchev–Trinajstić information content (AvgIpc) is 2.88. The van der Waals surface area contributed by atoms with E-state index in [-0.39, 0.29) is 25.4 Å². The van der Waals surface area contributed by atoms with Gasteiger partial charge in [-0.1, -0.05) is 59.6 Å². The summed E-state index contributed by atoms with van der Waals surface area (Å²) in [7, 11) is 0. The molecular formula is C28H27ClN4O4. The van der Waals surface area contributed by atoms with Gasteiger partial charge in [0.1, 0.15) is 6.54 Å². The monoisotopic (exact) mass is 518 g/mol. The zero-order chi connectivity index (χ0) is 26.4. The van der Waals surface area contributed by atoms with Gasteiger partial charge in [-0.3, -0.25) is 23.5 Å². The number of nitrogens with zero attached hydrogens (tertiary/aromatic N) is 2. The number of anilines is 1.